The molecule has 0 aliphatic heterocycles. The Kier molecular flexibility index (Phi) is 2.76. The highest BCUT2D eigenvalue weighted by atomic mass is 79.9. The Hall–Kier alpha value is -1.29. The number of aromatic carboxylic acids is 1. The maximum atomic E-state index is 11.1. The van der Waals surface area contributed by atoms with E-state index in [9.17, 15) is 4.79 Å². The van der Waals surface area contributed by atoms with Crippen molar-refractivity contribution in [3.8, 4) is 0 Å². The van der Waals surface area contributed by atoms with Crippen molar-refractivity contribution in [3.05, 3.63) is 34.4 Å². The third-order valence-electron chi connectivity index (χ3n) is 2.58. The lowest BCUT2D eigenvalue weighted by atomic mass is 10.2. The van der Waals surface area contributed by atoms with Crippen molar-refractivity contribution in [3.63, 3.8) is 0 Å². The fourth-order valence-corrected chi connectivity index (χ4v) is 2.19. The Labute approximate surface area is 102 Å². The summed E-state index contributed by atoms with van der Waals surface area (Å²) in [5.41, 5.74) is 1.31. The standard InChI is InChI=1S/C12H12BrNO2/c1-7(2)14-6-10(12(15)16)9-5-8(13)3-4-11(9)14/h3-7H,1-2H3,(H,15,16). The summed E-state index contributed by atoms with van der Waals surface area (Å²) in [6.45, 7) is 4.07. The van der Waals surface area contributed by atoms with Gasteiger partial charge in [0.05, 0.1) is 5.56 Å². The minimum atomic E-state index is -0.887. The fourth-order valence-electron chi connectivity index (χ4n) is 1.82. The van der Waals surface area contributed by atoms with Gasteiger partial charge in [0, 0.05) is 27.6 Å². The maximum absolute atomic E-state index is 11.1. The van der Waals surface area contributed by atoms with E-state index in [2.05, 4.69) is 15.9 Å². The zero-order valence-electron chi connectivity index (χ0n) is 9.07. The van der Waals surface area contributed by atoms with Gasteiger partial charge < -0.3 is 9.67 Å². The molecule has 0 bridgehead atoms. The van der Waals surface area contributed by atoms with Crippen molar-refractivity contribution in [1.82, 2.24) is 4.57 Å². The summed E-state index contributed by atoms with van der Waals surface area (Å²) in [4.78, 5) is 11.1. The van der Waals surface area contributed by atoms with Crippen LogP contribution in [0, 0.1) is 0 Å². The number of benzene rings is 1. The second-order valence-electron chi connectivity index (χ2n) is 4.01. The second kappa shape index (κ2) is 3.94. The third kappa shape index (κ3) is 1.73. The molecule has 0 aliphatic carbocycles. The Balaban J connectivity index is 2.81. The summed E-state index contributed by atoms with van der Waals surface area (Å²) in [5, 5.41) is 9.91. The molecule has 0 radical (unpaired) electrons. The first-order valence-corrected chi connectivity index (χ1v) is 5.83. The number of hydrogen-bond acceptors (Lipinski definition) is 1. The van der Waals surface area contributed by atoms with Crippen LogP contribution in [-0.2, 0) is 0 Å². The fraction of sp³-hybridized carbons (Fsp3) is 0.250. The van der Waals surface area contributed by atoms with E-state index >= 15 is 0 Å². The van der Waals surface area contributed by atoms with Crippen LogP contribution in [0.2, 0.25) is 0 Å². The molecule has 0 unspecified atom stereocenters. The number of rotatable bonds is 2. The molecule has 0 aliphatic rings. The van der Waals surface area contributed by atoms with Crippen LogP contribution in [0.25, 0.3) is 10.9 Å². The van der Waals surface area contributed by atoms with Gasteiger partial charge >= 0.3 is 5.97 Å². The van der Waals surface area contributed by atoms with Crippen LogP contribution in [0.1, 0.15) is 30.2 Å². The monoisotopic (exact) mass is 281 g/mol. The van der Waals surface area contributed by atoms with Crippen LogP contribution < -0.4 is 0 Å². The van der Waals surface area contributed by atoms with Gasteiger partial charge in [-0.05, 0) is 32.0 Å². The summed E-state index contributed by atoms with van der Waals surface area (Å²) in [5.74, 6) is -0.887. The molecule has 3 nitrogen and oxygen atoms in total. The first kappa shape index (κ1) is 11.2. The summed E-state index contributed by atoms with van der Waals surface area (Å²) >= 11 is 3.36. The lowest BCUT2D eigenvalue weighted by Crippen LogP contribution is -1.98. The van der Waals surface area contributed by atoms with Gasteiger partial charge in [-0.3, -0.25) is 0 Å². The lowest BCUT2D eigenvalue weighted by molar-refractivity contribution is 0.0699. The molecule has 0 atom stereocenters. The highest BCUT2D eigenvalue weighted by Gasteiger charge is 2.15. The van der Waals surface area contributed by atoms with Crippen LogP contribution in [-0.4, -0.2) is 15.6 Å². The van der Waals surface area contributed by atoms with E-state index in [4.69, 9.17) is 5.11 Å². The molecule has 1 aromatic carbocycles. The quantitative estimate of drug-likeness (QED) is 0.912. The predicted octanol–water partition coefficient (Wildman–Crippen LogP) is 3.68. The third-order valence-corrected chi connectivity index (χ3v) is 3.08. The predicted molar refractivity (Wildman–Crippen MR) is 67.0 cm³/mol. The van der Waals surface area contributed by atoms with Crippen LogP contribution in [0.3, 0.4) is 0 Å². The second-order valence-corrected chi connectivity index (χ2v) is 4.93. The van der Waals surface area contributed by atoms with Gasteiger partial charge in [-0.25, -0.2) is 4.79 Å². The number of carboxylic acids is 1. The number of halogens is 1. The number of carbonyl (C=O) groups is 1. The molecule has 1 heterocycles. The molecule has 0 amide bonds. The normalized spacial score (nSPS) is 11.2. The lowest BCUT2D eigenvalue weighted by Gasteiger charge is -2.08. The van der Waals surface area contributed by atoms with E-state index in [1.165, 1.54) is 0 Å². The van der Waals surface area contributed by atoms with Crippen molar-refractivity contribution in [2.24, 2.45) is 0 Å². The first-order valence-electron chi connectivity index (χ1n) is 5.04. The SMILES string of the molecule is CC(C)n1cc(C(=O)O)c2cc(Br)ccc21. The Morgan fingerprint density at radius 2 is 2.12 bits per heavy atom. The average Bonchev–Trinajstić information content (AvgIpc) is 2.56. The van der Waals surface area contributed by atoms with Crippen molar-refractivity contribution in [2.75, 3.05) is 0 Å². The van der Waals surface area contributed by atoms with Gasteiger partial charge in [0.2, 0.25) is 0 Å². The smallest absolute Gasteiger partial charge is 0.337 e. The minimum Gasteiger partial charge on any atom is -0.478 e. The molecule has 2 rings (SSSR count). The van der Waals surface area contributed by atoms with Gasteiger partial charge in [-0.2, -0.15) is 0 Å². The molecule has 16 heavy (non-hydrogen) atoms. The summed E-state index contributed by atoms with van der Waals surface area (Å²) < 4.78 is 2.87. The van der Waals surface area contributed by atoms with Gasteiger partial charge in [0.25, 0.3) is 0 Å². The molecule has 1 aromatic heterocycles. The first-order chi connectivity index (χ1) is 7.50. The molecule has 0 spiro atoms. The van der Waals surface area contributed by atoms with Gasteiger partial charge in [0.1, 0.15) is 0 Å². The number of fused-ring (bicyclic) bond motifs is 1. The zero-order chi connectivity index (χ0) is 11.9. The molecule has 84 valence electrons. The van der Waals surface area contributed by atoms with Crippen LogP contribution >= 0.6 is 15.9 Å². The Bertz CT molecular complexity index is 557. The summed E-state index contributed by atoms with van der Waals surface area (Å²) in [6, 6.07) is 5.95. The Morgan fingerprint density at radius 1 is 1.44 bits per heavy atom. The van der Waals surface area contributed by atoms with Crippen molar-refractivity contribution < 1.29 is 9.90 Å². The summed E-state index contributed by atoms with van der Waals surface area (Å²) in [7, 11) is 0. The van der Waals surface area contributed by atoms with Crippen LogP contribution in [0.5, 0.6) is 0 Å². The molecule has 0 fully saturated rings. The Morgan fingerprint density at radius 3 is 2.69 bits per heavy atom. The minimum absolute atomic E-state index is 0.247. The molecular weight excluding hydrogens is 270 g/mol. The molecule has 4 heteroatoms. The van der Waals surface area contributed by atoms with E-state index in [1.54, 1.807) is 6.20 Å². The van der Waals surface area contributed by atoms with Crippen molar-refractivity contribution >= 4 is 32.8 Å². The van der Waals surface area contributed by atoms with E-state index in [-0.39, 0.29) is 6.04 Å². The van der Waals surface area contributed by atoms with Crippen LogP contribution in [0.15, 0.2) is 28.9 Å². The highest BCUT2D eigenvalue weighted by molar-refractivity contribution is 9.10. The average molecular weight is 282 g/mol. The maximum Gasteiger partial charge on any atom is 0.337 e. The molecule has 1 N–H and O–H groups in total. The number of aromatic nitrogens is 1. The van der Waals surface area contributed by atoms with E-state index in [1.807, 2.05) is 36.6 Å². The highest BCUT2D eigenvalue weighted by Crippen LogP contribution is 2.27. The topological polar surface area (TPSA) is 42.2 Å². The summed E-state index contributed by atoms with van der Waals surface area (Å²) in [6.07, 6.45) is 1.70. The van der Waals surface area contributed by atoms with Crippen molar-refractivity contribution in [1.29, 1.82) is 0 Å². The zero-order valence-corrected chi connectivity index (χ0v) is 10.7. The molecular formula is C12H12BrNO2. The van der Waals surface area contributed by atoms with Gasteiger partial charge in [-0.15, -0.1) is 0 Å². The van der Waals surface area contributed by atoms with Crippen molar-refractivity contribution in [2.45, 2.75) is 19.9 Å². The largest absolute Gasteiger partial charge is 0.478 e. The van der Waals surface area contributed by atoms with Gasteiger partial charge in [0.15, 0.2) is 0 Å². The van der Waals surface area contributed by atoms with E-state index in [0.717, 1.165) is 15.4 Å². The number of nitrogens with zero attached hydrogens (tertiary/aromatic N) is 1. The van der Waals surface area contributed by atoms with E-state index in [0.29, 0.717) is 5.56 Å². The van der Waals surface area contributed by atoms with Gasteiger partial charge in [-0.1, -0.05) is 15.9 Å². The molecule has 0 saturated carbocycles. The van der Waals surface area contributed by atoms with Crippen LogP contribution in [0.4, 0.5) is 0 Å². The molecule has 2 aromatic rings. The number of carboxylic acid groups (broad SMARTS) is 1. The number of hydrogen-bond donors (Lipinski definition) is 1. The van der Waals surface area contributed by atoms with E-state index < -0.39 is 5.97 Å². The molecule has 0 saturated heterocycles.